The topological polar surface area (TPSA) is 102 Å². The monoisotopic (exact) mass is 386 g/mol. The van der Waals surface area contributed by atoms with Crippen LogP contribution in [0.2, 0.25) is 0 Å². The van der Waals surface area contributed by atoms with E-state index in [0.717, 1.165) is 32.0 Å². The molecule has 2 heterocycles. The van der Waals surface area contributed by atoms with Gasteiger partial charge >= 0.3 is 0 Å². The quantitative estimate of drug-likeness (QED) is 0.707. The number of hydrogen-bond acceptors (Lipinski definition) is 5. The maximum atomic E-state index is 13.1. The third kappa shape index (κ3) is 4.02. The Balaban J connectivity index is 1.54. The molecule has 0 spiro atoms. The molecule has 4 rings (SSSR count). The summed E-state index contributed by atoms with van der Waals surface area (Å²) in [5.41, 5.74) is 12.9. The van der Waals surface area contributed by atoms with E-state index in [-0.39, 0.29) is 17.9 Å². The van der Waals surface area contributed by atoms with Gasteiger partial charge in [-0.25, -0.2) is 4.39 Å². The summed E-state index contributed by atoms with van der Waals surface area (Å²) in [4.78, 5) is 14.4. The Kier molecular flexibility index (Phi) is 5.32. The van der Waals surface area contributed by atoms with E-state index >= 15 is 0 Å². The normalized spacial score (nSPS) is 23.4. The summed E-state index contributed by atoms with van der Waals surface area (Å²) in [5, 5.41) is 7.64. The van der Waals surface area contributed by atoms with Gasteiger partial charge in [-0.05, 0) is 56.0 Å². The third-order valence-electron chi connectivity index (χ3n) is 5.90. The van der Waals surface area contributed by atoms with E-state index in [2.05, 4.69) is 15.3 Å². The highest BCUT2D eigenvalue weighted by molar-refractivity contribution is 5.98. The minimum atomic E-state index is -0.563. The number of primary amides is 1. The molecular weight excluding hydrogens is 359 g/mol. The van der Waals surface area contributed by atoms with Crippen LogP contribution >= 0.6 is 0 Å². The minimum Gasteiger partial charge on any atom is -0.365 e. The van der Waals surface area contributed by atoms with Crippen LogP contribution in [0.15, 0.2) is 30.5 Å². The summed E-state index contributed by atoms with van der Waals surface area (Å²) in [5.74, 6) is 0.268. The molecule has 0 radical (unpaired) electrons. The van der Waals surface area contributed by atoms with Crippen LogP contribution in [0.4, 0.5) is 15.9 Å². The molecule has 1 unspecified atom stereocenters. The number of halogens is 1. The van der Waals surface area contributed by atoms with Gasteiger partial charge in [0.05, 0.1) is 6.04 Å². The number of amides is 1. The van der Waals surface area contributed by atoms with Crippen molar-refractivity contribution in [3.63, 3.8) is 0 Å². The number of anilines is 2. The van der Waals surface area contributed by atoms with Crippen LogP contribution < -0.4 is 16.8 Å². The fourth-order valence-corrected chi connectivity index (χ4v) is 4.01. The lowest BCUT2D eigenvalue weighted by Crippen LogP contribution is -2.49. The Morgan fingerprint density at radius 1 is 1.25 bits per heavy atom. The van der Waals surface area contributed by atoms with Crippen LogP contribution in [-0.2, 0) is 0 Å². The Hall–Kier alpha value is -2.45. The molecule has 2 aromatic rings. The van der Waals surface area contributed by atoms with Crippen LogP contribution in [0.25, 0.3) is 0 Å². The Morgan fingerprint density at radius 3 is 2.64 bits per heavy atom. The highest BCUT2D eigenvalue weighted by Crippen LogP contribution is 2.30. The number of nitrogens with two attached hydrogens (primary N) is 2. The molecule has 2 atom stereocenters. The van der Waals surface area contributed by atoms with Crippen molar-refractivity contribution in [1.82, 2.24) is 14.7 Å². The average Bonchev–Trinajstić information content (AvgIpc) is 3.05. The third-order valence-corrected chi connectivity index (χ3v) is 5.90. The zero-order valence-electron chi connectivity index (χ0n) is 15.9. The van der Waals surface area contributed by atoms with E-state index in [1.54, 1.807) is 23.0 Å². The van der Waals surface area contributed by atoms with Crippen molar-refractivity contribution in [1.29, 1.82) is 0 Å². The first-order chi connectivity index (χ1) is 13.5. The number of benzene rings is 1. The molecule has 1 aromatic heterocycles. The summed E-state index contributed by atoms with van der Waals surface area (Å²) in [6, 6.07) is 5.82. The average molecular weight is 386 g/mol. The molecule has 1 aliphatic heterocycles. The summed E-state index contributed by atoms with van der Waals surface area (Å²) in [6.45, 7) is 2.92. The van der Waals surface area contributed by atoms with Crippen LogP contribution in [0.3, 0.4) is 0 Å². The first kappa shape index (κ1) is 18.9. The standard InChI is InChI=1S/C20H27FN6O/c21-14-4-6-15(7-5-14)24-20-16(19(23)28)11-27(25-20)18-12-26(9-8-17(18)22)10-13-2-1-3-13/h4-7,11,13,17-18H,1-3,8-10,12,22H2,(H2,23,28)(H,24,25)/t17-,18?/m1/s1. The van der Waals surface area contributed by atoms with E-state index in [4.69, 9.17) is 11.5 Å². The number of nitrogens with zero attached hydrogens (tertiary/aromatic N) is 3. The van der Waals surface area contributed by atoms with Crippen molar-refractivity contribution in [2.75, 3.05) is 25.0 Å². The van der Waals surface area contributed by atoms with Crippen LogP contribution in [0, 0.1) is 11.7 Å². The lowest BCUT2D eigenvalue weighted by molar-refractivity contribution is 0.0999. The number of piperidine rings is 1. The van der Waals surface area contributed by atoms with E-state index in [0.29, 0.717) is 17.1 Å². The Labute approximate surface area is 163 Å². The largest absolute Gasteiger partial charge is 0.365 e. The van der Waals surface area contributed by atoms with Gasteiger partial charge in [0.1, 0.15) is 11.4 Å². The van der Waals surface area contributed by atoms with Gasteiger partial charge in [-0.3, -0.25) is 9.48 Å². The Morgan fingerprint density at radius 2 is 2.00 bits per heavy atom. The van der Waals surface area contributed by atoms with Gasteiger partial charge < -0.3 is 21.7 Å². The maximum absolute atomic E-state index is 13.1. The lowest BCUT2D eigenvalue weighted by Gasteiger charge is -2.40. The number of likely N-dealkylation sites (tertiary alicyclic amines) is 1. The highest BCUT2D eigenvalue weighted by atomic mass is 19.1. The van der Waals surface area contributed by atoms with E-state index in [1.807, 2.05) is 0 Å². The minimum absolute atomic E-state index is 0.0179. The fourth-order valence-electron chi connectivity index (χ4n) is 4.01. The lowest BCUT2D eigenvalue weighted by atomic mass is 9.84. The number of hydrogen-bond donors (Lipinski definition) is 3. The smallest absolute Gasteiger partial charge is 0.254 e. The summed E-state index contributed by atoms with van der Waals surface area (Å²) >= 11 is 0. The van der Waals surface area contributed by atoms with Crippen molar-refractivity contribution < 1.29 is 9.18 Å². The molecule has 2 fully saturated rings. The predicted molar refractivity (Wildman–Crippen MR) is 106 cm³/mol. The second kappa shape index (κ2) is 7.89. The van der Waals surface area contributed by atoms with E-state index < -0.39 is 5.91 Å². The Bertz CT molecular complexity index is 832. The van der Waals surface area contributed by atoms with Gasteiger partial charge in [-0.2, -0.15) is 5.10 Å². The molecule has 0 bridgehead atoms. The van der Waals surface area contributed by atoms with Crippen molar-refractivity contribution in [3.8, 4) is 0 Å². The molecule has 1 saturated heterocycles. The number of rotatable bonds is 6. The number of aromatic nitrogens is 2. The van der Waals surface area contributed by atoms with Gasteiger partial charge in [-0.15, -0.1) is 0 Å². The molecule has 1 aromatic carbocycles. The number of carbonyl (C=O) groups excluding carboxylic acids is 1. The first-order valence-corrected chi connectivity index (χ1v) is 9.89. The van der Waals surface area contributed by atoms with Crippen LogP contribution in [-0.4, -0.2) is 46.3 Å². The van der Waals surface area contributed by atoms with Crippen LogP contribution in [0.5, 0.6) is 0 Å². The molecule has 5 N–H and O–H groups in total. The number of nitrogens with one attached hydrogen (secondary N) is 1. The molecule has 2 aliphatic rings. The molecule has 150 valence electrons. The van der Waals surface area contributed by atoms with Crippen LogP contribution in [0.1, 0.15) is 42.1 Å². The van der Waals surface area contributed by atoms with Gasteiger partial charge in [0.2, 0.25) is 0 Å². The van der Waals surface area contributed by atoms with Crippen molar-refractivity contribution >= 4 is 17.4 Å². The summed E-state index contributed by atoms with van der Waals surface area (Å²) in [6.07, 6.45) is 6.52. The second-order valence-corrected chi connectivity index (χ2v) is 7.94. The molecular formula is C20H27FN6O. The first-order valence-electron chi connectivity index (χ1n) is 9.89. The molecule has 7 nitrogen and oxygen atoms in total. The van der Waals surface area contributed by atoms with E-state index in [1.165, 1.54) is 31.4 Å². The second-order valence-electron chi connectivity index (χ2n) is 7.94. The zero-order valence-corrected chi connectivity index (χ0v) is 15.9. The van der Waals surface area contributed by atoms with Gasteiger partial charge in [-0.1, -0.05) is 6.42 Å². The summed E-state index contributed by atoms with van der Waals surface area (Å²) in [7, 11) is 0. The van der Waals surface area contributed by atoms with Crippen molar-refractivity contribution in [3.05, 3.63) is 41.8 Å². The number of carbonyl (C=O) groups is 1. The molecule has 28 heavy (non-hydrogen) atoms. The molecule has 8 heteroatoms. The van der Waals surface area contributed by atoms with Crippen molar-refractivity contribution in [2.45, 2.75) is 37.8 Å². The molecule has 1 aliphatic carbocycles. The maximum Gasteiger partial charge on any atom is 0.254 e. The highest BCUT2D eigenvalue weighted by Gasteiger charge is 2.32. The molecule has 1 saturated carbocycles. The SMILES string of the molecule is NC(=O)c1cn(C2CN(CC3CCC3)CC[C@H]2N)nc1Nc1ccc(F)cc1. The van der Waals surface area contributed by atoms with Gasteiger partial charge in [0.25, 0.3) is 5.91 Å². The van der Waals surface area contributed by atoms with E-state index in [9.17, 15) is 9.18 Å². The van der Waals surface area contributed by atoms with Crippen molar-refractivity contribution in [2.24, 2.45) is 17.4 Å². The van der Waals surface area contributed by atoms with Gasteiger partial charge in [0.15, 0.2) is 5.82 Å². The molecule has 1 amide bonds. The van der Waals surface area contributed by atoms with Gasteiger partial charge in [0, 0.05) is 31.0 Å². The predicted octanol–water partition coefficient (Wildman–Crippen LogP) is 2.24. The fraction of sp³-hybridized carbons (Fsp3) is 0.500. The zero-order chi connectivity index (χ0) is 19.7. The summed E-state index contributed by atoms with van der Waals surface area (Å²) < 4.78 is 14.9.